The third-order valence-electron chi connectivity index (χ3n) is 6.26. The van der Waals surface area contributed by atoms with Crippen molar-refractivity contribution in [3.05, 3.63) is 77.7 Å². The average Bonchev–Trinajstić information content (AvgIpc) is 3.58. The maximum Gasteiger partial charge on any atom is 0.295 e. The summed E-state index contributed by atoms with van der Waals surface area (Å²) in [6.45, 7) is 4.39. The Hall–Kier alpha value is -3.74. The van der Waals surface area contributed by atoms with Crippen molar-refractivity contribution in [3.63, 3.8) is 0 Å². The van der Waals surface area contributed by atoms with Crippen LogP contribution in [-0.4, -0.2) is 31.6 Å². The van der Waals surface area contributed by atoms with Gasteiger partial charge in [0, 0.05) is 6.04 Å². The molecule has 0 aliphatic heterocycles. The topological polar surface area (TPSA) is 81.0 Å². The van der Waals surface area contributed by atoms with Crippen LogP contribution in [0.5, 0.6) is 11.5 Å². The summed E-state index contributed by atoms with van der Waals surface area (Å²) in [7, 11) is 1.55. The SMILES string of the molecule is CCOc1ccc(C(C(=O)NC2CCCC2)N(C(=O)c2ccco2)c2cc(C)ccc2OC)cc1. The fraction of sp³-hybridized carbons (Fsp3) is 0.357. The summed E-state index contributed by atoms with van der Waals surface area (Å²) >= 11 is 0. The third kappa shape index (κ3) is 5.50. The summed E-state index contributed by atoms with van der Waals surface area (Å²) in [6, 6.07) is 15.3. The molecule has 1 saturated carbocycles. The van der Waals surface area contributed by atoms with Crippen molar-refractivity contribution in [1.29, 1.82) is 0 Å². The number of furan rings is 1. The number of aryl methyl sites for hydroxylation is 1. The van der Waals surface area contributed by atoms with Gasteiger partial charge in [-0.1, -0.05) is 31.0 Å². The molecule has 0 saturated heterocycles. The van der Waals surface area contributed by atoms with Crippen LogP contribution in [0.25, 0.3) is 0 Å². The van der Waals surface area contributed by atoms with E-state index >= 15 is 0 Å². The van der Waals surface area contributed by atoms with Crippen LogP contribution < -0.4 is 19.7 Å². The number of nitrogens with one attached hydrogen (secondary N) is 1. The Labute approximate surface area is 206 Å². The first-order valence-corrected chi connectivity index (χ1v) is 12.1. The third-order valence-corrected chi connectivity index (χ3v) is 6.26. The number of ether oxygens (including phenoxy) is 2. The standard InChI is InChI=1S/C28H32N2O5/c1-4-34-22-14-12-20(13-15-22)26(27(31)29-21-8-5-6-9-21)30(28(32)25-10-7-17-35-25)23-18-19(2)11-16-24(23)33-3/h7,10-18,21,26H,4-6,8-9H2,1-3H3,(H,29,31). The van der Waals surface area contributed by atoms with Crippen LogP contribution in [0.2, 0.25) is 0 Å². The predicted octanol–water partition coefficient (Wildman–Crippen LogP) is 5.44. The van der Waals surface area contributed by atoms with E-state index in [9.17, 15) is 9.59 Å². The Morgan fingerprint density at radius 1 is 1.11 bits per heavy atom. The summed E-state index contributed by atoms with van der Waals surface area (Å²) in [5.41, 5.74) is 2.08. The number of carbonyl (C=O) groups excluding carboxylic acids is 2. The molecule has 1 aliphatic carbocycles. The van der Waals surface area contributed by atoms with Crippen molar-refractivity contribution in [1.82, 2.24) is 5.32 Å². The Kier molecular flexibility index (Phi) is 7.75. The van der Waals surface area contributed by atoms with E-state index in [4.69, 9.17) is 13.9 Å². The average molecular weight is 477 g/mol. The van der Waals surface area contributed by atoms with E-state index in [0.717, 1.165) is 31.2 Å². The van der Waals surface area contributed by atoms with E-state index in [1.165, 1.54) is 11.2 Å². The lowest BCUT2D eigenvalue weighted by Gasteiger charge is -2.33. The molecule has 1 fully saturated rings. The van der Waals surface area contributed by atoms with Gasteiger partial charge in [-0.05, 0) is 74.2 Å². The second kappa shape index (κ2) is 11.1. The van der Waals surface area contributed by atoms with Crippen molar-refractivity contribution in [2.75, 3.05) is 18.6 Å². The number of hydrogen-bond donors (Lipinski definition) is 1. The number of rotatable bonds is 9. The first-order chi connectivity index (χ1) is 17.0. The molecule has 1 aromatic heterocycles. The van der Waals surface area contributed by atoms with Crippen LogP contribution >= 0.6 is 0 Å². The van der Waals surface area contributed by atoms with E-state index in [-0.39, 0.29) is 17.7 Å². The lowest BCUT2D eigenvalue weighted by molar-refractivity contribution is -0.123. The highest BCUT2D eigenvalue weighted by Gasteiger charge is 2.37. The molecule has 2 aromatic carbocycles. The highest BCUT2D eigenvalue weighted by atomic mass is 16.5. The summed E-state index contributed by atoms with van der Waals surface area (Å²) in [4.78, 5) is 29.2. The first kappa shape index (κ1) is 24.4. The summed E-state index contributed by atoms with van der Waals surface area (Å²) < 4.78 is 16.7. The van der Waals surface area contributed by atoms with Gasteiger partial charge in [-0.25, -0.2) is 0 Å². The van der Waals surface area contributed by atoms with Gasteiger partial charge in [0.15, 0.2) is 5.76 Å². The number of anilines is 1. The second-order valence-electron chi connectivity index (χ2n) is 8.72. The van der Waals surface area contributed by atoms with E-state index in [1.54, 1.807) is 25.3 Å². The van der Waals surface area contributed by atoms with Gasteiger partial charge in [-0.2, -0.15) is 0 Å². The van der Waals surface area contributed by atoms with Crippen LogP contribution in [0.15, 0.2) is 65.3 Å². The molecule has 7 nitrogen and oxygen atoms in total. The summed E-state index contributed by atoms with van der Waals surface area (Å²) in [5, 5.41) is 3.18. The molecule has 2 amide bonds. The number of methoxy groups -OCH3 is 1. The molecule has 0 spiro atoms. The van der Waals surface area contributed by atoms with Crippen LogP contribution in [0.1, 0.15) is 60.3 Å². The zero-order chi connectivity index (χ0) is 24.8. The Morgan fingerprint density at radius 2 is 1.86 bits per heavy atom. The van der Waals surface area contributed by atoms with Crippen molar-refractivity contribution in [2.45, 2.75) is 51.6 Å². The lowest BCUT2D eigenvalue weighted by atomic mass is 10.0. The Bertz CT molecular complexity index is 1130. The molecular weight excluding hydrogens is 444 g/mol. The molecule has 7 heteroatoms. The maximum absolute atomic E-state index is 13.9. The van der Waals surface area contributed by atoms with Gasteiger partial charge in [-0.3, -0.25) is 14.5 Å². The van der Waals surface area contributed by atoms with E-state index in [0.29, 0.717) is 29.4 Å². The zero-order valence-corrected chi connectivity index (χ0v) is 20.5. The van der Waals surface area contributed by atoms with Gasteiger partial charge in [0.2, 0.25) is 5.91 Å². The molecule has 0 radical (unpaired) electrons. The zero-order valence-electron chi connectivity index (χ0n) is 20.5. The maximum atomic E-state index is 13.9. The van der Waals surface area contributed by atoms with Crippen molar-refractivity contribution >= 4 is 17.5 Å². The summed E-state index contributed by atoms with van der Waals surface area (Å²) in [6.07, 6.45) is 5.48. The van der Waals surface area contributed by atoms with E-state index in [1.807, 2.05) is 50.2 Å². The molecule has 0 bridgehead atoms. The van der Waals surface area contributed by atoms with Gasteiger partial charge in [0.1, 0.15) is 17.5 Å². The van der Waals surface area contributed by atoms with Gasteiger partial charge in [-0.15, -0.1) is 0 Å². The predicted molar refractivity (Wildman–Crippen MR) is 134 cm³/mol. The normalized spacial score (nSPS) is 14.4. The molecule has 3 aromatic rings. The number of benzene rings is 2. The Balaban J connectivity index is 1.85. The molecule has 1 heterocycles. The van der Waals surface area contributed by atoms with Crippen molar-refractivity contribution < 1.29 is 23.5 Å². The molecule has 1 aliphatic rings. The summed E-state index contributed by atoms with van der Waals surface area (Å²) in [5.74, 6) is 0.644. The number of carbonyl (C=O) groups is 2. The smallest absolute Gasteiger partial charge is 0.295 e. The fourth-order valence-electron chi connectivity index (χ4n) is 4.55. The largest absolute Gasteiger partial charge is 0.495 e. The molecule has 1 unspecified atom stereocenters. The molecule has 1 atom stereocenters. The van der Waals surface area contributed by atoms with E-state index in [2.05, 4.69) is 5.32 Å². The van der Waals surface area contributed by atoms with Crippen LogP contribution in [0, 0.1) is 6.92 Å². The minimum absolute atomic E-state index is 0.0904. The number of amides is 2. The number of nitrogens with zero attached hydrogens (tertiary/aromatic N) is 1. The quantitative estimate of drug-likeness (QED) is 0.445. The van der Waals surface area contributed by atoms with Gasteiger partial charge < -0.3 is 19.2 Å². The van der Waals surface area contributed by atoms with Crippen LogP contribution in [-0.2, 0) is 4.79 Å². The van der Waals surface area contributed by atoms with Crippen LogP contribution in [0.4, 0.5) is 5.69 Å². The highest BCUT2D eigenvalue weighted by molar-refractivity contribution is 6.09. The Morgan fingerprint density at radius 3 is 2.49 bits per heavy atom. The molecule has 4 rings (SSSR count). The minimum atomic E-state index is -0.945. The van der Waals surface area contributed by atoms with Crippen molar-refractivity contribution in [3.8, 4) is 11.5 Å². The second-order valence-corrected chi connectivity index (χ2v) is 8.72. The lowest BCUT2D eigenvalue weighted by Crippen LogP contribution is -2.46. The van der Waals surface area contributed by atoms with Crippen molar-refractivity contribution in [2.24, 2.45) is 0 Å². The first-order valence-electron chi connectivity index (χ1n) is 12.1. The van der Waals surface area contributed by atoms with Gasteiger partial charge >= 0.3 is 0 Å². The molecule has 184 valence electrons. The fourth-order valence-corrected chi connectivity index (χ4v) is 4.55. The monoisotopic (exact) mass is 476 g/mol. The van der Waals surface area contributed by atoms with Gasteiger partial charge in [0.05, 0.1) is 25.7 Å². The van der Waals surface area contributed by atoms with Crippen LogP contribution in [0.3, 0.4) is 0 Å². The van der Waals surface area contributed by atoms with E-state index < -0.39 is 11.9 Å². The van der Waals surface area contributed by atoms with Gasteiger partial charge in [0.25, 0.3) is 5.91 Å². The molecule has 35 heavy (non-hydrogen) atoms. The number of hydrogen-bond acceptors (Lipinski definition) is 5. The molecular formula is C28H32N2O5. The highest BCUT2D eigenvalue weighted by Crippen LogP contribution is 2.37. The minimum Gasteiger partial charge on any atom is -0.495 e. The molecule has 1 N–H and O–H groups in total.